The lowest BCUT2D eigenvalue weighted by molar-refractivity contribution is -0.276. The molecule has 1 amide bonds. The predicted molar refractivity (Wildman–Crippen MR) is 177 cm³/mol. The van der Waals surface area contributed by atoms with Gasteiger partial charge in [0.2, 0.25) is 0 Å². The van der Waals surface area contributed by atoms with Gasteiger partial charge in [0.05, 0.1) is 42.7 Å². The zero-order chi connectivity index (χ0) is 31.6. The van der Waals surface area contributed by atoms with Gasteiger partial charge in [-0.05, 0) is 46.0 Å². The molecule has 4 aromatic carbocycles. The smallest absolute Gasteiger partial charge is 0.272 e. The topological polar surface area (TPSA) is 85.6 Å². The molecule has 0 bridgehead atoms. The molecule has 232 valence electrons. The average molecular weight is 665 g/mol. The van der Waals surface area contributed by atoms with E-state index in [0.717, 1.165) is 44.4 Å². The molecule has 1 aliphatic heterocycles. The average Bonchev–Trinajstić information content (AvgIpc) is 3.47. The molecule has 1 aromatic heterocycles. The van der Waals surface area contributed by atoms with Gasteiger partial charge in [0, 0.05) is 18.0 Å². The van der Waals surface area contributed by atoms with Crippen molar-refractivity contribution in [2.24, 2.45) is 5.92 Å². The number of para-hydroxylation sites is 2. The van der Waals surface area contributed by atoms with Crippen LogP contribution in [0.4, 0.5) is 0 Å². The number of carbonyl (C=O) groups excluding carboxylic acids is 1. The summed E-state index contributed by atoms with van der Waals surface area (Å²) in [5, 5.41) is 12.2. The Balaban J connectivity index is 1.24. The molecule has 0 spiro atoms. The number of nitrogens with zero attached hydrogens (tertiary/aromatic N) is 2. The number of halogens is 3. The number of amides is 1. The van der Waals surface area contributed by atoms with Gasteiger partial charge in [0.25, 0.3) is 9.70 Å². The zero-order valence-electron chi connectivity index (χ0n) is 24.4. The number of fused-ring (bicyclic) bond motifs is 1. The number of carbonyl (C=O) groups is 1. The van der Waals surface area contributed by atoms with Crippen molar-refractivity contribution in [2.45, 2.75) is 48.9 Å². The second-order valence-corrected chi connectivity index (χ2v) is 13.5. The van der Waals surface area contributed by atoms with Gasteiger partial charge < -0.3 is 24.5 Å². The number of aromatic nitrogens is 2. The lowest BCUT2D eigenvalue weighted by Gasteiger charge is -2.41. The first-order chi connectivity index (χ1) is 21.7. The molecule has 7 nitrogen and oxygen atoms in total. The summed E-state index contributed by atoms with van der Waals surface area (Å²) in [6.07, 6.45) is 0.877. The largest absolute Gasteiger partial charge is 0.392 e. The number of nitrogens with one attached hydrogen (secondary N) is 1. The van der Waals surface area contributed by atoms with Crippen LogP contribution in [0.15, 0.2) is 103 Å². The van der Waals surface area contributed by atoms with Crippen LogP contribution in [-0.4, -0.2) is 30.5 Å². The third-order valence-corrected chi connectivity index (χ3v) is 8.70. The molecule has 0 radical (unpaired) electrons. The molecule has 10 heteroatoms. The van der Waals surface area contributed by atoms with E-state index in [-0.39, 0.29) is 31.3 Å². The SMILES string of the molecule is C[C@H]1[C@@H](Cn2cnc3ccccc32)O[C@@H](c2ccc(-c3cccc(CNC(=O)C(Cl)(Cl)Cl)c3)cc2)O[C@H]1c1ccc(CO)cc1. The van der Waals surface area contributed by atoms with Gasteiger partial charge in [-0.1, -0.05) is 121 Å². The van der Waals surface area contributed by atoms with Gasteiger partial charge in [-0.2, -0.15) is 0 Å². The van der Waals surface area contributed by atoms with E-state index < -0.39 is 16.0 Å². The minimum Gasteiger partial charge on any atom is -0.392 e. The minimum atomic E-state index is -2.01. The lowest BCUT2D eigenvalue weighted by Crippen LogP contribution is -2.39. The van der Waals surface area contributed by atoms with E-state index in [9.17, 15) is 9.90 Å². The fraction of sp³-hybridized carbons (Fsp3) is 0.257. The summed E-state index contributed by atoms with van der Waals surface area (Å²) in [6.45, 7) is 2.99. The standard InChI is InChI=1S/C35H32Cl3N3O4/c1-22-31(19-41-21-40-29-7-2-3-8-30(29)41)44-33(45-32(22)26-11-9-23(20-42)10-12-26)27-15-13-25(14-16-27)28-6-4-5-24(17-28)18-39-34(43)35(36,37)38/h2-17,21-22,31-33,42H,18-20H2,1H3,(H,39,43)/t22-,31+,32+,33+/m0/s1. The van der Waals surface area contributed by atoms with Crippen LogP contribution in [0.25, 0.3) is 22.2 Å². The second-order valence-electron chi connectivity index (χ2n) is 11.2. The van der Waals surface area contributed by atoms with Crippen molar-refractivity contribution in [2.75, 3.05) is 0 Å². The van der Waals surface area contributed by atoms with Crippen LogP contribution in [-0.2, 0) is 34.0 Å². The van der Waals surface area contributed by atoms with E-state index >= 15 is 0 Å². The molecule has 2 heterocycles. The summed E-state index contributed by atoms with van der Waals surface area (Å²) >= 11 is 17.0. The number of hydrogen-bond donors (Lipinski definition) is 2. The minimum absolute atomic E-state index is 0.0116. The molecule has 45 heavy (non-hydrogen) atoms. The van der Waals surface area contributed by atoms with Crippen molar-refractivity contribution < 1.29 is 19.4 Å². The maximum Gasteiger partial charge on any atom is 0.272 e. The van der Waals surface area contributed by atoms with Crippen LogP contribution in [0.5, 0.6) is 0 Å². The number of aliphatic hydroxyl groups excluding tert-OH is 1. The Morgan fingerprint density at radius 2 is 1.62 bits per heavy atom. The Bertz CT molecular complexity index is 1770. The number of rotatable bonds is 8. The lowest BCUT2D eigenvalue weighted by atomic mass is 9.90. The highest BCUT2D eigenvalue weighted by molar-refractivity contribution is 6.76. The third-order valence-electron chi connectivity index (χ3n) is 8.18. The van der Waals surface area contributed by atoms with Crippen molar-refractivity contribution in [1.82, 2.24) is 14.9 Å². The first-order valence-electron chi connectivity index (χ1n) is 14.6. The van der Waals surface area contributed by atoms with Gasteiger partial charge in [0.1, 0.15) is 0 Å². The highest BCUT2D eigenvalue weighted by atomic mass is 35.6. The number of ether oxygens (including phenoxy) is 2. The van der Waals surface area contributed by atoms with E-state index in [1.54, 1.807) is 0 Å². The van der Waals surface area contributed by atoms with Crippen LogP contribution in [0.1, 0.15) is 41.6 Å². The fourth-order valence-corrected chi connectivity index (χ4v) is 5.85. The first-order valence-corrected chi connectivity index (χ1v) is 15.8. The molecule has 1 fully saturated rings. The number of hydrogen-bond acceptors (Lipinski definition) is 5. The number of aliphatic hydroxyl groups is 1. The highest BCUT2D eigenvalue weighted by Crippen LogP contribution is 2.42. The van der Waals surface area contributed by atoms with E-state index in [2.05, 4.69) is 27.9 Å². The van der Waals surface area contributed by atoms with E-state index in [1.165, 1.54) is 0 Å². The van der Waals surface area contributed by atoms with Crippen molar-refractivity contribution in [3.63, 3.8) is 0 Å². The Morgan fingerprint density at radius 3 is 2.36 bits per heavy atom. The van der Waals surface area contributed by atoms with Gasteiger partial charge in [-0.25, -0.2) is 4.98 Å². The normalized spacial score (nSPS) is 20.3. The highest BCUT2D eigenvalue weighted by Gasteiger charge is 2.38. The molecule has 1 saturated heterocycles. The number of benzene rings is 4. The molecular weight excluding hydrogens is 633 g/mol. The third kappa shape index (κ3) is 7.20. The first kappa shape index (κ1) is 31.5. The van der Waals surface area contributed by atoms with Crippen LogP contribution in [0, 0.1) is 5.92 Å². The summed E-state index contributed by atoms with van der Waals surface area (Å²) < 4.78 is 13.4. The van der Waals surface area contributed by atoms with Crippen molar-refractivity contribution in [1.29, 1.82) is 0 Å². The summed E-state index contributed by atoms with van der Waals surface area (Å²) in [7, 11) is 0. The summed E-state index contributed by atoms with van der Waals surface area (Å²) in [4.78, 5) is 16.5. The molecular formula is C35H32Cl3N3O4. The maximum atomic E-state index is 12.0. The summed E-state index contributed by atoms with van der Waals surface area (Å²) in [5.41, 5.74) is 7.62. The number of alkyl halides is 3. The van der Waals surface area contributed by atoms with Crippen LogP contribution < -0.4 is 5.32 Å². The van der Waals surface area contributed by atoms with Crippen molar-refractivity contribution in [3.8, 4) is 11.1 Å². The Morgan fingerprint density at radius 1 is 0.889 bits per heavy atom. The van der Waals surface area contributed by atoms with E-state index in [1.807, 2.05) is 97.3 Å². The Hall–Kier alpha value is -3.43. The Labute approximate surface area is 276 Å². The van der Waals surface area contributed by atoms with Crippen LogP contribution in [0.3, 0.4) is 0 Å². The van der Waals surface area contributed by atoms with Gasteiger partial charge >= 0.3 is 0 Å². The van der Waals surface area contributed by atoms with E-state index in [0.29, 0.717) is 6.54 Å². The van der Waals surface area contributed by atoms with Crippen molar-refractivity contribution >= 4 is 51.7 Å². The van der Waals surface area contributed by atoms with Gasteiger partial charge in [-0.15, -0.1) is 0 Å². The van der Waals surface area contributed by atoms with Crippen LogP contribution >= 0.6 is 34.8 Å². The molecule has 0 aliphatic carbocycles. The van der Waals surface area contributed by atoms with E-state index in [4.69, 9.17) is 44.3 Å². The Kier molecular flexibility index (Phi) is 9.47. The van der Waals surface area contributed by atoms with Gasteiger partial charge in [0.15, 0.2) is 6.29 Å². The molecule has 5 aromatic rings. The fourth-order valence-electron chi connectivity index (χ4n) is 5.65. The van der Waals surface area contributed by atoms with Crippen LogP contribution in [0.2, 0.25) is 0 Å². The zero-order valence-corrected chi connectivity index (χ0v) is 26.7. The van der Waals surface area contributed by atoms with Gasteiger partial charge in [-0.3, -0.25) is 4.79 Å². The van der Waals surface area contributed by atoms with Crippen molar-refractivity contribution in [3.05, 3.63) is 126 Å². The molecule has 2 N–H and O–H groups in total. The quantitative estimate of drug-likeness (QED) is 0.166. The summed E-state index contributed by atoms with van der Waals surface area (Å²) in [6, 6.07) is 31.9. The molecule has 0 saturated carbocycles. The molecule has 4 atom stereocenters. The second kappa shape index (κ2) is 13.5. The molecule has 1 aliphatic rings. The molecule has 0 unspecified atom stereocenters. The summed E-state index contributed by atoms with van der Waals surface area (Å²) in [5.74, 6) is -0.641. The number of imidazole rings is 1. The monoisotopic (exact) mass is 663 g/mol. The molecule has 6 rings (SSSR count). The maximum absolute atomic E-state index is 12.0. The predicted octanol–water partition coefficient (Wildman–Crippen LogP) is 7.67.